The van der Waals surface area contributed by atoms with Gasteiger partial charge in [-0.3, -0.25) is 0 Å². The fourth-order valence-corrected chi connectivity index (χ4v) is 2.37. The smallest absolute Gasteiger partial charge is 0.349 e. The molecule has 0 amide bonds. The highest BCUT2D eigenvalue weighted by molar-refractivity contribution is 7.17. The monoisotopic (exact) mass is 240 g/mol. The molecule has 1 heterocycles. The van der Waals surface area contributed by atoms with Crippen LogP contribution in [-0.2, 0) is 4.74 Å². The molecule has 5 heteroatoms. The maximum Gasteiger partial charge on any atom is 0.349 e. The maximum atomic E-state index is 11.2. The molecule has 1 fully saturated rings. The van der Waals surface area contributed by atoms with Crippen molar-refractivity contribution in [3.63, 3.8) is 0 Å². The quantitative estimate of drug-likeness (QED) is 0.803. The van der Waals surface area contributed by atoms with Gasteiger partial charge in [-0.15, -0.1) is 0 Å². The Balaban J connectivity index is 1.84. The molecule has 1 aromatic heterocycles. The Bertz CT molecular complexity index is 374. The number of ether oxygens (including phenoxy) is 1. The number of esters is 1. The van der Waals surface area contributed by atoms with E-state index in [1.165, 1.54) is 31.3 Å². The van der Waals surface area contributed by atoms with Gasteiger partial charge in [0, 0.05) is 6.54 Å². The summed E-state index contributed by atoms with van der Waals surface area (Å²) in [4.78, 5) is 15.9. The molecule has 1 atom stereocenters. The van der Waals surface area contributed by atoms with Gasteiger partial charge >= 0.3 is 5.97 Å². The minimum Gasteiger partial charge on any atom is -0.465 e. The minimum atomic E-state index is -0.319. The van der Waals surface area contributed by atoms with Crippen molar-refractivity contribution in [2.45, 2.75) is 19.8 Å². The zero-order valence-electron chi connectivity index (χ0n) is 9.53. The van der Waals surface area contributed by atoms with Crippen LogP contribution in [0.4, 0.5) is 5.13 Å². The number of aromatic nitrogens is 1. The number of anilines is 1. The highest BCUT2D eigenvalue weighted by atomic mass is 32.1. The van der Waals surface area contributed by atoms with Crippen LogP contribution in [0.1, 0.15) is 29.4 Å². The molecule has 2 rings (SSSR count). The topological polar surface area (TPSA) is 51.2 Å². The number of carbonyl (C=O) groups is 1. The second-order valence-electron chi connectivity index (χ2n) is 4.22. The summed E-state index contributed by atoms with van der Waals surface area (Å²) in [5.41, 5.74) is 0. The first-order valence-corrected chi connectivity index (χ1v) is 6.30. The summed E-state index contributed by atoms with van der Waals surface area (Å²) in [7, 11) is 1.38. The van der Waals surface area contributed by atoms with Crippen molar-refractivity contribution in [3.8, 4) is 0 Å². The predicted octanol–water partition coefficient (Wildman–Crippen LogP) is 2.39. The van der Waals surface area contributed by atoms with E-state index in [0.717, 1.165) is 17.6 Å². The van der Waals surface area contributed by atoms with Gasteiger partial charge in [0.1, 0.15) is 4.88 Å². The summed E-state index contributed by atoms with van der Waals surface area (Å²) in [6.45, 7) is 3.18. The SMILES string of the molecule is COC(=O)c1cnc(NCC(C)C2CC2)s1. The first-order valence-electron chi connectivity index (χ1n) is 5.48. The average molecular weight is 240 g/mol. The van der Waals surface area contributed by atoms with E-state index in [-0.39, 0.29) is 5.97 Å². The molecule has 1 aliphatic carbocycles. The molecule has 1 saturated carbocycles. The Labute approximate surface area is 99.0 Å². The molecule has 1 aromatic rings. The van der Waals surface area contributed by atoms with Gasteiger partial charge in [-0.25, -0.2) is 9.78 Å². The lowest BCUT2D eigenvalue weighted by Crippen LogP contribution is -2.12. The molecule has 0 radical (unpaired) electrons. The Kier molecular flexibility index (Phi) is 3.43. The summed E-state index contributed by atoms with van der Waals surface area (Å²) in [5, 5.41) is 4.06. The van der Waals surface area contributed by atoms with Crippen LogP contribution in [-0.4, -0.2) is 24.6 Å². The van der Waals surface area contributed by atoms with E-state index in [4.69, 9.17) is 0 Å². The number of carbonyl (C=O) groups excluding carboxylic acids is 1. The van der Waals surface area contributed by atoms with Crippen LogP contribution in [0.25, 0.3) is 0 Å². The number of thiazole rings is 1. The third kappa shape index (κ3) is 2.72. The molecule has 88 valence electrons. The van der Waals surface area contributed by atoms with Gasteiger partial charge in [-0.05, 0) is 24.7 Å². The number of nitrogens with one attached hydrogen (secondary N) is 1. The molecule has 1 unspecified atom stereocenters. The zero-order chi connectivity index (χ0) is 11.5. The van der Waals surface area contributed by atoms with Crippen molar-refractivity contribution in [2.75, 3.05) is 19.0 Å². The van der Waals surface area contributed by atoms with Crippen molar-refractivity contribution in [2.24, 2.45) is 11.8 Å². The van der Waals surface area contributed by atoms with Crippen molar-refractivity contribution >= 4 is 22.4 Å². The number of rotatable bonds is 5. The van der Waals surface area contributed by atoms with E-state index in [1.807, 2.05) is 0 Å². The van der Waals surface area contributed by atoms with E-state index < -0.39 is 0 Å². The second-order valence-corrected chi connectivity index (χ2v) is 5.25. The number of hydrogen-bond donors (Lipinski definition) is 1. The van der Waals surface area contributed by atoms with Gasteiger partial charge in [-0.2, -0.15) is 0 Å². The minimum absolute atomic E-state index is 0.319. The van der Waals surface area contributed by atoms with Crippen LogP contribution in [0.5, 0.6) is 0 Å². The Hall–Kier alpha value is -1.10. The molecule has 1 N–H and O–H groups in total. The normalized spacial score (nSPS) is 16.9. The first kappa shape index (κ1) is 11.4. The van der Waals surface area contributed by atoms with Gasteiger partial charge in [-0.1, -0.05) is 18.3 Å². The van der Waals surface area contributed by atoms with Crippen LogP contribution in [0.15, 0.2) is 6.20 Å². The lowest BCUT2D eigenvalue weighted by molar-refractivity contribution is 0.0606. The van der Waals surface area contributed by atoms with Crippen LogP contribution >= 0.6 is 11.3 Å². The molecule has 4 nitrogen and oxygen atoms in total. The zero-order valence-corrected chi connectivity index (χ0v) is 10.3. The van der Waals surface area contributed by atoms with Crippen molar-refractivity contribution in [1.82, 2.24) is 4.98 Å². The Morgan fingerprint density at radius 3 is 3.12 bits per heavy atom. The van der Waals surface area contributed by atoms with Crippen molar-refractivity contribution in [3.05, 3.63) is 11.1 Å². The third-order valence-corrected chi connectivity index (χ3v) is 3.83. The molecule has 0 bridgehead atoms. The Morgan fingerprint density at radius 2 is 2.50 bits per heavy atom. The molecule has 0 aliphatic heterocycles. The molecule has 0 spiro atoms. The van der Waals surface area contributed by atoms with E-state index in [0.29, 0.717) is 10.8 Å². The van der Waals surface area contributed by atoms with Gasteiger partial charge in [0.2, 0.25) is 0 Å². The molecule has 1 aliphatic rings. The van der Waals surface area contributed by atoms with Crippen LogP contribution in [0.3, 0.4) is 0 Å². The fourth-order valence-electron chi connectivity index (χ4n) is 1.63. The average Bonchev–Trinajstić information content (AvgIpc) is 3.04. The van der Waals surface area contributed by atoms with E-state index >= 15 is 0 Å². The summed E-state index contributed by atoms with van der Waals surface area (Å²) >= 11 is 1.34. The lowest BCUT2D eigenvalue weighted by Gasteiger charge is -2.09. The third-order valence-electron chi connectivity index (χ3n) is 2.89. The molecule has 16 heavy (non-hydrogen) atoms. The van der Waals surface area contributed by atoms with Crippen LogP contribution < -0.4 is 5.32 Å². The molecule has 0 saturated heterocycles. The molecular weight excluding hydrogens is 224 g/mol. The van der Waals surface area contributed by atoms with E-state index in [9.17, 15) is 4.79 Å². The fraction of sp³-hybridized carbons (Fsp3) is 0.636. The van der Waals surface area contributed by atoms with Crippen molar-refractivity contribution in [1.29, 1.82) is 0 Å². The number of nitrogens with zero attached hydrogens (tertiary/aromatic N) is 1. The number of methoxy groups -OCH3 is 1. The summed E-state index contributed by atoms with van der Waals surface area (Å²) in [6.07, 6.45) is 4.27. The highest BCUT2D eigenvalue weighted by Crippen LogP contribution is 2.36. The van der Waals surface area contributed by atoms with Gasteiger partial charge in [0.05, 0.1) is 13.3 Å². The standard InChI is InChI=1S/C11H16N2O2S/c1-7(8-3-4-8)5-12-11-13-6-9(16-11)10(14)15-2/h6-8H,3-5H2,1-2H3,(H,12,13). The van der Waals surface area contributed by atoms with Gasteiger partial charge in [0.25, 0.3) is 0 Å². The van der Waals surface area contributed by atoms with Gasteiger partial charge < -0.3 is 10.1 Å². The number of hydrogen-bond acceptors (Lipinski definition) is 5. The van der Waals surface area contributed by atoms with E-state index in [1.54, 1.807) is 6.20 Å². The largest absolute Gasteiger partial charge is 0.465 e. The highest BCUT2D eigenvalue weighted by Gasteiger charge is 2.27. The Morgan fingerprint density at radius 1 is 1.75 bits per heavy atom. The molecular formula is C11H16N2O2S. The summed E-state index contributed by atoms with van der Waals surface area (Å²) in [5.74, 6) is 1.25. The van der Waals surface area contributed by atoms with Crippen LogP contribution in [0.2, 0.25) is 0 Å². The van der Waals surface area contributed by atoms with Crippen LogP contribution in [0, 0.1) is 11.8 Å². The molecule has 0 aromatic carbocycles. The van der Waals surface area contributed by atoms with Gasteiger partial charge in [0.15, 0.2) is 5.13 Å². The first-order chi connectivity index (χ1) is 7.70. The second kappa shape index (κ2) is 4.82. The van der Waals surface area contributed by atoms with Crippen molar-refractivity contribution < 1.29 is 9.53 Å². The van der Waals surface area contributed by atoms with E-state index in [2.05, 4.69) is 22.0 Å². The maximum absolute atomic E-state index is 11.2. The summed E-state index contributed by atoms with van der Waals surface area (Å²) in [6, 6.07) is 0. The predicted molar refractivity (Wildman–Crippen MR) is 63.8 cm³/mol. The lowest BCUT2D eigenvalue weighted by atomic mass is 10.1. The summed E-state index contributed by atoms with van der Waals surface area (Å²) < 4.78 is 4.63.